The van der Waals surface area contributed by atoms with Gasteiger partial charge in [-0.1, -0.05) is 6.07 Å². The van der Waals surface area contributed by atoms with Gasteiger partial charge in [0.05, 0.1) is 26.4 Å². The van der Waals surface area contributed by atoms with Crippen LogP contribution in [0.3, 0.4) is 0 Å². The summed E-state index contributed by atoms with van der Waals surface area (Å²) in [4.78, 5) is 4.27. The molecule has 0 spiro atoms. The Morgan fingerprint density at radius 2 is 1.77 bits per heavy atom. The first-order valence-corrected chi connectivity index (χ1v) is 9.74. The fourth-order valence-electron chi connectivity index (χ4n) is 2.83. The van der Waals surface area contributed by atoms with Crippen LogP contribution < -0.4 is 24.8 Å². The summed E-state index contributed by atoms with van der Waals surface area (Å²) in [5.41, 5.74) is 1.77. The molecule has 0 saturated heterocycles. The van der Waals surface area contributed by atoms with E-state index in [2.05, 4.69) is 15.6 Å². The van der Waals surface area contributed by atoms with E-state index < -0.39 is 0 Å². The molecule has 2 rings (SSSR count). The molecule has 0 radical (unpaired) electrons. The van der Waals surface area contributed by atoms with E-state index in [9.17, 15) is 5.11 Å². The Bertz CT molecular complexity index is 830. The van der Waals surface area contributed by atoms with Crippen LogP contribution in [0.15, 0.2) is 41.4 Å². The number of phenolic OH excluding ortho intramolecular Hbond substituents is 1. The van der Waals surface area contributed by atoms with Crippen LogP contribution in [0.2, 0.25) is 0 Å². The van der Waals surface area contributed by atoms with Crippen LogP contribution in [0.5, 0.6) is 23.0 Å². The summed E-state index contributed by atoms with van der Waals surface area (Å²) in [6.45, 7) is 7.50. The van der Waals surface area contributed by atoms with Crippen molar-refractivity contribution in [3.05, 3.63) is 47.5 Å². The van der Waals surface area contributed by atoms with Crippen molar-refractivity contribution in [3.8, 4) is 23.0 Å². The summed E-state index contributed by atoms with van der Waals surface area (Å²) in [6.07, 6.45) is 0. The van der Waals surface area contributed by atoms with Crippen molar-refractivity contribution >= 4 is 29.9 Å². The molecule has 0 fully saturated rings. The van der Waals surface area contributed by atoms with E-state index in [-0.39, 0.29) is 35.8 Å². The fourth-order valence-corrected chi connectivity index (χ4v) is 2.83. The predicted octanol–water partition coefficient (Wildman–Crippen LogP) is 4.24. The second kappa shape index (κ2) is 13.0. The number of nitrogens with one attached hydrogen (secondary N) is 2. The van der Waals surface area contributed by atoms with Crippen molar-refractivity contribution in [2.75, 3.05) is 27.4 Å². The zero-order valence-electron chi connectivity index (χ0n) is 18.2. The Hall–Kier alpha value is -2.36. The third-order valence-electron chi connectivity index (χ3n) is 4.38. The molecule has 0 aliphatic rings. The molecule has 166 valence electrons. The molecule has 0 aliphatic heterocycles. The van der Waals surface area contributed by atoms with Gasteiger partial charge in [-0.25, -0.2) is 0 Å². The van der Waals surface area contributed by atoms with Crippen LogP contribution in [-0.2, 0) is 6.54 Å². The third kappa shape index (κ3) is 7.16. The maximum Gasteiger partial charge on any atom is 0.191 e. The van der Waals surface area contributed by atoms with Gasteiger partial charge >= 0.3 is 0 Å². The van der Waals surface area contributed by atoms with Gasteiger partial charge in [0.2, 0.25) is 0 Å². The van der Waals surface area contributed by atoms with Gasteiger partial charge in [0.1, 0.15) is 11.5 Å². The predicted molar refractivity (Wildman–Crippen MR) is 131 cm³/mol. The van der Waals surface area contributed by atoms with Gasteiger partial charge < -0.3 is 30.0 Å². The van der Waals surface area contributed by atoms with Crippen LogP contribution in [0.25, 0.3) is 0 Å². The first kappa shape index (κ1) is 25.7. The molecule has 0 bridgehead atoms. The van der Waals surface area contributed by atoms with Gasteiger partial charge in [-0.3, -0.25) is 4.99 Å². The number of hydrogen-bond acceptors (Lipinski definition) is 5. The van der Waals surface area contributed by atoms with Gasteiger partial charge in [0.25, 0.3) is 0 Å². The minimum absolute atomic E-state index is 0. The van der Waals surface area contributed by atoms with Crippen LogP contribution in [0, 0.1) is 0 Å². The Balaban J connectivity index is 0.00000450. The highest BCUT2D eigenvalue weighted by Crippen LogP contribution is 2.30. The smallest absolute Gasteiger partial charge is 0.191 e. The zero-order chi connectivity index (χ0) is 21.2. The second-order valence-electron chi connectivity index (χ2n) is 6.36. The average molecular weight is 529 g/mol. The molecule has 3 N–H and O–H groups in total. The topological polar surface area (TPSA) is 84.3 Å². The maximum absolute atomic E-state index is 10.0. The molecule has 7 nitrogen and oxygen atoms in total. The van der Waals surface area contributed by atoms with Gasteiger partial charge in [-0.05, 0) is 56.7 Å². The molecular formula is C22H32IN3O4. The number of aliphatic imine (C=N–C) groups is 1. The summed E-state index contributed by atoms with van der Waals surface area (Å²) in [7, 11) is 3.30. The molecule has 0 aliphatic carbocycles. The van der Waals surface area contributed by atoms with Crippen molar-refractivity contribution in [1.29, 1.82) is 0 Å². The summed E-state index contributed by atoms with van der Waals surface area (Å²) >= 11 is 0. The molecule has 8 heteroatoms. The summed E-state index contributed by atoms with van der Waals surface area (Å²) in [5.74, 6) is 2.97. The van der Waals surface area contributed by atoms with Crippen molar-refractivity contribution in [3.63, 3.8) is 0 Å². The number of nitrogens with zero attached hydrogens (tertiary/aromatic N) is 1. The van der Waals surface area contributed by atoms with Crippen LogP contribution in [-0.4, -0.2) is 38.4 Å². The third-order valence-corrected chi connectivity index (χ3v) is 4.38. The van der Waals surface area contributed by atoms with E-state index in [4.69, 9.17) is 14.2 Å². The normalized spacial score (nSPS) is 11.8. The standard InChI is InChI=1S/C22H31N3O4.HI/c1-6-28-20-11-8-16(13-21(20)29-7-2)15(3)25-22(23-4)24-14-17-12-18(27-5)9-10-19(17)26;/h8-13,15,26H,6-7,14H2,1-5H3,(H2,23,24,25);1H. The molecule has 0 saturated carbocycles. The molecule has 1 unspecified atom stereocenters. The van der Waals surface area contributed by atoms with E-state index in [1.807, 2.05) is 39.0 Å². The van der Waals surface area contributed by atoms with E-state index in [1.54, 1.807) is 32.4 Å². The number of hydrogen-bond donors (Lipinski definition) is 3. The van der Waals surface area contributed by atoms with Crippen molar-refractivity contribution < 1.29 is 19.3 Å². The van der Waals surface area contributed by atoms with Gasteiger partial charge in [0.15, 0.2) is 17.5 Å². The molecule has 2 aromatic carbocycles. The lowest BCUT2D eigenvalue weighted by molar-refractivity contribution is 0.287. The van der Waals surface area contributed by atoms with Crippen LogP contribution in [0.4, 0.5) is 0 Å². The number of methoxy groups -OCH3 is 1. The largest absolute Gasteiger partial charge is 0.508 e. The molecule has 0 heterocycles. The van der Waals surface area contributed by atoms with Crippen LogP contribution in [0.1, 0.15) is 37.9 Å². The maximum atomic E-state index is 10.0. The van der Waals surface area contributed by atoms with Gasteiger partial charge in [-0.2, -0.15) is 0 Å². The monoisotopic (exact) mass is 529 g/mol. The summed E-state index contributed by atoms with van der Waals surface area (Å²) in [5, 5.41) is 16.6. The Labute approximate surface area is 195 Å². The number of benzene rings is 2. The first-order chi connectivity index (χ1) is 14.0. The lowest BCUT2D eigenvalue weighted by Crippen LogP contribution is -2.38. The Morgan fingerprint density at radius 1 is 1.07 bits per heavy atom. The van der Waals surface area contributed by atoms with E-state index >= 15 is 0 Å². The number of aromatic hydroxyl groups is 1. The summed E-state index contributed by atoms with van der Waals surface area (Å²) < 4.78 is 16.6. The molecule has 2 aromatic rings. The van der Waals surface area contributed by atoms with E-state index in [1.165, 1.54) is 0 Å². The molecule has 30 heavy (non-hydrogen) atoms. The first-order valence-electron chi connectivity index (χ1n) is 9.74. The highest BCUT2D eigenvalue weighted by molar-refractivity contribution is 14.0. The van der Waals surface area contributed by atoms with Gasteiger partial charge in [-0.15, -0.1) is 24.0 Å². The number of rotatable bonds is 9. The van der Waals surface area contributed by atoms with Crippen LogP contribution >= 0.6 is 24.0 Å². The number of ether oxygens (including phenoxy) is 3. The molecule has 0 amide bonds. The zero-order valence-corrected chi connectivity index (χ0v) is 20.5. The molecule has 0 aromatic heterocycles. The minimum atomic E-state index is -0.0185. The second-order valence-corrected chi connectivity index (χ2v) is 6.36. The Kier molecular flexibility index (Phi) is 11.2. The minimum Gasteiger partial charge on any atom is -0.508 e. The SMILES string of the molecule is CCOc1ccc(C(C)NC(=NC)NCc2cc(OC)ccc2O)cc1OCC.I. The van der Waals surface area contributed by atoms with E-state index in [0.29, 0.717) is 31.5 Å². The number of guanidine groups is 1. The summed E-state index contributed by atoms with van der Waals surface area (Å²) in [6, 6.07) is 11.0. The Morgan fingerprint density at radius 3 is 2.40 bits per heavy atom. The highest BCUT2D eigenvalue weighted by atomic mass is 127. The lowest BCUT2D eigenvalue weighted by atomic mass is 10.1. The van der Waals surface area contributed by atoms with Gasteiger partial charge in [0, 0.05) is 19.2 Å². The number of halogens is 1. The number of phenols is 1. The van der Waals surface area contributed by atoms with Crippen molar-refractivity contribution in [2.24, 2.45) is 4.99 Å². The van der Waals surface area contributed by atoms with Crippen molar-refractivity contribution in [2.45, 2.75) is 33.4 Å². The average Bonchev–Trinajstić information content (AvgIpc) is 2.73. The lowest BCUT2D eigenvalue weighted by Gasteiger charge is -2.20. The fraction of sp³-hybridized carbons (Fsp3) is 0.409. The van der Waals surface area contributed by atoms with E-state index in [0.717, 1.165) is 22.6 Å². The van der Waals surface area contributed by atoms with Crippen molar-refractivity contribution in [1.82, 2.24) is 10.6 Å². The molecular weight excluding hydrogens is 497 g/mol. The molecule has 1 atom stereocenters. The quantitative estimate of drug-likeness (QED) is 0.256. The highest BCUT2D eigenvalue weighted by Gasteiger charge is 2.13.